The van der Waals surface area contributed by atoms with Crippen molar-refractivity contribution in [2.45, 2.75) is 4.90 Å². The molecule has 2 aromatic carbocycles. The van der Waals surface area contributed by atoms with Gasteiger partial charge < -0.3 is 4.90 Å². The van der Waals surface area contributed by atoms with Crippen LogP contribution in [-0.4, -0.2) is 48.9 Å². The molecule has 0 atom stereocenters. The number of nitro benzene ring substituents is 1. The number of rotatable bonds is 6. The molecule has 0 amide bonds. The largest absolute Gasteiger partial charge is 0.367 e. The van der Waals surface area contributed by atoms with Crippen LogP contribution in [-0.2, 0) is 10.0 Å². The first-order valence-electron chi connectivity index (χ1n) is 8.24. The molecular formula is C18H16FN5O4S. The number of hydrogen-bond donors (Lipinski definition) is 0. The molecule has 1 heterocycles. The van der Waals surface area contributed by atoms with Crippen LogP contribution in [0.15, 0.2) is 63.8 Å². The molecule has 9 nitrogen and oxygen atoms in total. The zero-order chi connectivity index (χ0) is 21.2. The number of hydrogen-bond acceptors (Lipinski definition) is 6. The van der Waals surface area contributed by atoms with Crippen LogP contribution in [0.25, 0.3) is 10.9 Å². The standard InChI is InChI=1S/C18H16FN5O4S/c1-22(2)12-21-20-10-13-11-23(16-4-3-5-17(18(13)16)24(25)26)29(27,28)15-8-6-14(19)7-9-15/h3-12H,1-2H3/b20-10+,21-12+. The van der Waals surface area contributed by atoms with Crippen molar-refractivity contribution in [3.63, 3.8) is 0 Å². The third kappa shape index (κ3) is 3.99. The van der Waals surface area contributed by atoms with Crippen LogP contribution in [0.4, 0.5) is 10.1 Å². The van der Waals surface area contributed by atoms with Crippen LogP contribution in [0, 0.1) is 15.9 Å². The zero-order valence-electron chi connectivity index (χ0n) is 15.4. The topological polar surface area (TPSA) is 110 Å². The Bertz CT molecular complexity index is 1230. The van der Waals surface area contributed by atoms with E-state index in [0.29, 0.717) is 0 Å². The highest BCUT2D eigenvalue weighted by Gasteiger charge is 2.25. The fourth-order valence-electron chi connectivity index (χ4n) is 2.67. The molecule has 1 aromatic heterocycles. The van der Waals surface area contributed by atoms with E-state index in [9.17, 15) is 22.9 Å². The molecule has 0 bridgehead atoms. The molecule has 0 radical (unpaired) electrons. The predicted octanol–water partition coefficient (Wildman–Crippen LogP) is 2.85. The van der Waals surface area contributed by atoms with Gasteiger partial charge in [0.1, 0.15) is 12.2 Å². The molecule has 0 spiro atoms. The van der Waals surface area contributed by atoms with E-state index in [2.05, 4.69) is 10.2 Å². The normalized spacial score (nSPS) is 12.2. The third-order valence-electron chi connectivity index (χ3n) is 3.92. The van der Waals surface area contributed by atoms with Gasteiger partial charge in [-0.15, -0.1) is 5.10 Å². The summed E-state index contributed by atoms with van der Waals surface area (Å²) in [5.74, 6) is -0.580. The summed E-state index contributed by atoms with van der Waals surface area (Å²) in [7, 11) is -0.647. The average molecular weight is 417 g/mol. The second kappa shape index (κ2) is 7.80. The van der Waals surface area contributed by atoms with Gasteiger partial charge in [-0.3, -0.25) is 10.1 Å². The number of nitrogens with zero attached hydrogens (tertiary/aromatic N) is 5. The Morgan fingerprint density at radius 2 is 1.83 bits per heavy atom. The number of benzene rings is 2. The molecule has 150 valence electrons. The van der Waals surface area contributed by atoms with Gasteiger partial charge >= 0.3 is 0 Å². The first-order chi connectivity index (χ1) is 13.7. The van der Waals surface area contributed by atoms with Crippen molar-refractivity contribution in [1.82, 2.24) is 8.87 Å². The molecule has 0 aliphatic rings. The summed E-state index contributed by atoms with van der Waals surface area (Å²) in [5, 5.41) is 19.2. The minimum atomic E-state index is -4.13. The lowest BCUT2D eigenvalue weighted by molar-refractivity contribution is -0.383. The average Bonchev–Trinajstić information content (AvgIpc) is 3.05. The lowest BCUT2D eigenvalue weighted by atomic mass is 10.1. The molecule has 0 unspecified atom stereocenters. The maximum atomic E-state index is 13.2. The Morgan fingerprint density at radius 1 is 1.14 bits per heavy atom. The first-order valence-corrected chi connectivity index (χ1v) is 9.68. The minimum absolute atomic E-state index is 0.0987. The molecule has 0 N–H and O–H groups in total. The van der Waals surface area contributed by atoms with Crippen molar-refractivity contribution < 1.29 is 17.7 Å². The van der Waals surface area contributed by atoms with Crippen molar-refractivity contribution in [3.8, 4) is 0 Å². The Hall–Kier alpha value is -3.60. The molecule has 3 rings (SSSR count). The summed E-state index contributed by atoms with van der Waals surface area (Å²) in [5.41, 5.74) is 0.0315. The first kappa shape index (κ1) is 20.1. The van der Waals surface area contributed by atoms with Gasteiger partial charge in [0.05, 0.1) is 26.9 Å². The number of aromatic nitrogens is 1. The maximum Gasteiger partial charge on any atom is 0.279 e. The van der Waals surface area contributed by atoms with Crippen LogP contribution in [0.2, 0.25) is 0 Å². The highest BCUT2D eigenvalue weighted by molar-refractivity contribution is 7.90. The summed E-state index contributed by atoms with van der Waals surface area (Å²) in [6.07, 6.45) is 3.89. The van der Waals surface area contributed by atoms with Gasteiger partial charge in [0.15, 0.2) is 0 Å². The maximum absolute atomic E-state index is 13.2. The van der Waals surface area contributed by atoms with Crippen molar-refractivity contribution in [3.05, 3.63) is 70.2 Å². The number of nitro groups is 1. The zero-order valence-corrected chi connectivity index (χ0v) is 16.2. The summed E-state index contributed by atoms with van der Waals surface area (Å²) in [6.45, 7) is 0. The van der Waals surface area contributed by atoms with E-state index in [1.807, 2.05) is 0 Å². The third-order valence-corrected chi connectivity index (χ3v) is 5.60. The Morgan fingerprint density at radius 3 is 2.45 bits per heavy atom. The summed E-state index contributed by atoms with van der Waals surface area (Å²) >= 11 is 0. The second-order valence-electron chi connectivity index (χ2n) is 6.21. The molecule has 0 saturated heterocycles. The second-order valence-corrected chi connectivity index (χ2v) is 8.02. The quantitative estimate of drug-likeness (QED) is 0.265. The highest BCUT2D eigenvalue weighted by Crippen LogP contribution is 2.32. The van der Waals surface area contributed by atoms with Crippen molar-refractivity contribution in [2.75, 3.05) is 14.1 Å². The minimum Gasteiger partial charge on any atom is -0.367 e. The van der Waals surface area contributed by atoms with Crippen LogP contribution < -0.4 is 0 Å². The molecule has 0 aliphatic carbocycles. The van der Waals surface area contributed by atoms with E-state index in [4.69, 9.17) is 0 Å². The van der Waals surface area contributed by atoms with Gasteiger partial charge in [0.25, 0.3) is 15.7 Å². The van der Waals surface area contributed by atoms with E-state index in [1.165, 1.54) is 36.9 Å². The van der Waals surface area contributed by atoms with E-state index in [-0.39, 0.29) is 27.0 Å². The van der Waals surface area contributed by atoms with Crippen LogP contribution >= 0.6 is 0 Å². The molecule has 0 saturated carbocycles. The molecular weight excluding hydrogens is 401 g/mol. The monoisotopic (exact) mass is 417 g/mol. The van der Waals surface area contributed by atoms with Crippen molar-refractivity contribution in [2.24, 2.45) is 10.2 Å². The van der Waals surface area contributed by atoms with E-state index < -0.39 is 20.8 Å². The SMILES string of the molecule is CN(C)/C=N/N=C/c1cn(S(=O)(=O)c2ccc(F)cc2)c2cccc([N+](=O)[O-])c12. The Balaban J connectivity index is 2.25. The van der Waals surface area contributed by atoms with E-state index >= 15 is 0 Å². The molecule has 3 aromatic rings. The van der Waals surface area contributed by atoms with Crippen LogP contribution in [0.1, 0.15) is 5.56 Å². The molecule has 11 heteroatoms. The lowest BCUT2D eigenvalue weighted by Gasteiger charge is -2.07. The van der Waals surface area contributed by atoms with E-state index in [0.717, 1.165) is 28.2 Å². The van der Waals surface area contributed by atoms with Crippen LogP contribution in [0.5, 0.6) is 0 Å². The van der Waals surface area contributed by atoms with Gasteiger partial charge in [-0.1, -0.05) is 6.07 Å². The van der Waals surface area contributed by atoms with Crippen LogP contribution in [0.3, 0.4) is 0 Å². The number of non-ortho nitro benzene ring substituents is 1. The van der Waals surface area contributed by atoms with Crippen molar-refractivity contribution in [1.29, 1.82) is 0 Å². The fraction of sp³-hybridized carbons (Fsp3) is 0.111. The fourth-order valence-corrected chi connectivity index (χ4v) is 4.04. The van der Waals surface area contributed by atoms with Gasteiger partial charge in [-0.05, 0) is 30.3 Å². The smallest absolute Gasteiger partial charge is 0.279 e. The lowest BCUT2D eigenvalue weighted by Crippen LogP contribution is -2.11. The van der Waals surface area contributed by atoms with Crippen molar-refractivity contribution >= 4 is 39.2 Å². The Labute approximate surface area is 165 Å². The predicted molar refractivity (Wildman–Crippen MR) is 107 cm³/mol. The molecule has 0 fully saturated rings. The van der Waals surface area contributed by atoms with E-state index in [1.54, 1.807) is 19.0 Å². The summed E-state index contributed by atoms with van der Waals surface area (Å²) in [4.78, 5) is 12.4. The number of fused-ring (bicyclic) bond motifs is 1. The molecule has 29 heavy (non-hydrogen) atoms. The Kier molecular flexibility index (Phi) is 5.41. The summed E-state index contributed by atoms with van der Waals surface area (Å²) < 4.78 is 40.2. The summed E-state index contributed by atoms with van der Waals surface area (Å²) in [6, 6.07) is 8.43. The highest BCUT2D eigenvalue weighted by atomic mass is 32.2. The van der Waals surface area contributed by atoms with Gasteiger partial charge in [0, 0.05) is 31.9 Å². The van der Waals surface area contributed by atoms with Gasteiger partial charge in [0.2, 0.25) is 0 Å². The van der Waals surface area contributed by atoms with Gasteiger partial charge in [-0.2, -0.15) is 5.10 Å². The van der Waals surface area contributed by atoms with Gasteiger partial charge in [-0.25, -0.2) is 16.8 Å². The number of halogens is 1. The molecule has 0 aliphatic heterocycles.